The molecular formula is C12H15F2NO4. The van der Waals surface area contributed by atoms with Gasteiger partial charge in [-0.1, -0.05) is 0 Å². The zero-order valence-corrected chi connectivity index (χ0v) is 10.4. The first-order chi connectivity index (χ1) is 9.02. The largest absolute Gasteiger partial charge is 0.481 e. The second kappa shape index (κ2) is 7.65. The molecule has 0 radical (unpaired) electrons. The second-order valence-electron chi connectivity index (χ2n) is 3.78. The molecule has 1 rings (SSSR count). The van der Waals surface area contributed by atoms with Gasteiger partial charge in [0.25, 0.3) is 5.91 Å². The smallest absolute Gasteiger partial charge is 0.258 e. The van der Waals surface area contributed by atoms with E-state index in [0.717, 1.165) is 12.1 Å². The molecule has 1 aromatic carbocycles. The van der Waals surface area contributed by atoms with Crippen molar-refractivity contribution in [3.05, 3.63) is 29.8 Å². The first-order valence-electron chi connectivity index (χ1n) is 5.54. The van der Waals surface area contributed by atoms with Gasteiger partial charge in [-0.05, 0) is 12.1 Å². The fourth-order valence-electron chi connectivity index (χ4n) is 1.27. The van der Waals surface area contributed by atoms with Crippen molar-refractivity contribution in [1.29, 1.82) is 0 Å². The SMILES string of the molecule is COCC(O)CNC(=O)COc1ccc(F)cc1F. The number of halogens is 2. The van der Waals surface area contributed by atoms with Crippen molar-refractivity contribution in [3.63, 3.8) is 0 Å². The molecule has 0 aliphatic carbocycles. The van der Waals surface area contributed by atoms with Crippen LogP contribution in [0.1, 0.15) is 0 Å². The van der Waals surface area contributed by atoms with Crippen LogP contribution in [0.5, 0.6) is 5.75 Å². The Balaban J connectivity index is 2.33. The van der Waals surface area contributed by atoms with E-state index in [4.69, 9.17) is 4.74 Å². The summed E-state index contributed by atoms with van der Waals surface area (Å²) in [6.07, 6.45) is -0.823. The van der Waals surface area contributed by atoms with Crippen LogP contribution >= 0.6 is 0 Å². The van der Waals surface area contributed by atoms with Crippen molar-refractivity contribution in [3.8, 4) is 5.75 Å². The van der Waals surface area contributed by atoms with E-state index < -0.39 is 30.3 Å². The van der Waals surface area contributed by atoms with Gasteiger partial charge in [0, 0.05) is 19.7 Å². The summed E-state index contributed by atoms with van der Waals surface area (Å²) >= 11 is 0. The van der Waals surface area contributed by atoms with Gasteiger partial charge in [-0.25, -0.2) is 8.78 Å². The van der Waals surface area contributed by atoms with E-state index in [9.17, 15) is 18.7 Å². The topological polar surface area (TPSA) is 67.8 Å². The summed E-state index contributed by atoms with van der Waals surface area (Å²) < 4.78 is 35.3. The van der Waals surface area contributed by atoms with Crippen LogP contribution < -0.4 is 10.1 Å². The molecule has 0 spiro atoms. The Morgan fingerprint density at radius 3 is 2.84 bits per heavy atom. The second-order valence-corrected chi connectivity index (χ2v) is 3.78. The molecule has 2 N–H and O–H groups in total. The summed E-state index contributed by atoms with van der Waals surface area (Å²) in [5.74, 6) is -2.35. The Morgan fingerprint density at radius 1 is 1.47 bits per heavy atom. The molecule has 0 heterocycles. The third-order valence-electron chi connectivity index (χ3n) is 2.15. The van der Waals surface area contributed by atoms with Gasteiger partial charge in [0.05, 0.1) is 12.7 Å². The Kier molecular flexibility index (Phi) is 6.17. The molecule has 5 nitrogen and oxygen atoms in total. The molecule has 0 bridgehead atoms. The van der Waals surface area contributed by atoms with Crippen molar-refractivity contribution in [2.75, 3.05) is 26.9 Å². The fraction of sp³-hybridized carbons (Fsp3) is 0.417. The van der Waals surface area contributed by atoms with Crippen LogP contribution in [0.2, 0.25) is 0 Å². The van der Waals surface area contributed by atoms with Gasteiger partial charge in [0.15, 0.2) is 18.2 Å². The minimum Gasteiger partial charge on any atom is -0.481 e. The monoisotopic (exact) mass is 275 g/mol. The molecule has 1 unspecified atom stereocenters. The highest BCUT2D eigenvalue weighted by atomic mass is 19.1. The number of amides is 1. The van der Waals surface area contributed by atoms with Gasteiger partial charge >= 0.3 is 0 Å². The lowest BCUT2D eigenvalue weighted by Gasteiger charge is -2.11. The highest BCUT2D eigenvalue weighted by Gasteiger charge is 2.09. The van der Waals surface area contributed by atoms with Crippen LogP contribution in [0.25, 0.3) is 0 Å². The van der Waals surface area contributed by atoms with E-state index in [1.165, 1.54) is 7.11 Å². The Bertz CT molecular complexity index is 428. The van der Waals surface area contributed by atoms with Crippen LogP contribution in [-0.2, 0) is 9.53 Å². The predicted molar refractivity (Wildman–Crippen MR) is 62.7 cm³/mol. The third-order valence-corrected chi connectivity index (χ3v) is 2.15. The first kappa shape index (κ1) is 15.3. The number of hydrogen-bond acceptors (Lipinski definition) is 4. The van der Waals surface area contributed by atoms with Crippen LogP contribution in [0, 0.1) is 11.6 Å². The summed E-state index contributed by atoms with van der Waals surface area (Å²) in [4.78, 5) is 11.3. The van der Waals surface area contributed by atoms with Crippen molar-refractivity contribution in [2.24, 2.45) is 0 Å². The van der Waals surface area contributed by atoms with Crippen LogP contribution in [0.15, 0.2) is 18.2 Å². The lowest BCUT2D eigenvalue weighted by atomic mass is 10.3. The summed E-state index contributed by atoms with van der Waals surface area (Å²) in [5.41, 5.74) is 0. The Labute approximate surface area is 109 Å². The van der Waals surface area contributed by atoms with Crippen molar-refractivity contribution in [1.82, 2.24) is 5.32 Å². The third kappa shape index (κ3) is 5.62. The standard InChI is InChI=1S/C12H15F2NO4/c1-18-6-9(16)5-15-12(17)7-19-11-3-2-8(13)4-10(11)14/h2-4,9,16H,5-7H2,1H3,(H,15,17). The molecule has 106 valence electrons. The number of hydrogen-bond donors (Lipinski definition) is 2. The van der Waals surface area contributed by atoms with E-state index in [0.29, 0.717) is 6.07 Å². The summed E-state index contributed by atoms with van der Waals surface area (Å²) in [7, 11) is 1.42. The Morgan fingerprint density at radius 2 is 2.21 bits per heavy atom. The molecule has 19 heavy (non-hydrogen) atoms. The first-order valence-corrected chi connectivity index (χ1v) is 5.54. The molecule has 1 aromatic rings. The number of rotatable bonds is 7. The van der Waals surface area contributed by atoms with E-state index in [2.05, 4.69) is 10.1 Å². The fourth-order valence-corrected chi connectivity index (χ4v) is 1.27. The van der Waals surface area contributed by atoms with E-state index in [-0.39, 0.29) is 18.9 Å². The zero-order valence-electron chi connectivity index (χ0n) is 10.4. The molecule has 0 aliphatic heterocycles. The lowest BCUT2D eigenvalue weighted by Crippen LogP contribution is -2.37. The number of benzene rings is 1. The minimum atomic E-state index is -0.882. The highest BCUT2D eigenvalue weighted by molar-refractivity contribution is 5.77. The van der Waals surface area contributed by atoms with Crippen LogP contribution in [-0.4, -0.2) is 44.0 Å². The predicted octanol–water partition coefficient (Wildman–Crippen LogP) is 0.467. The molecule has 0 fully saturated rings. The molecular weight excluding hydrogens is 260 g/mol. The van der Waals surface area contributed by atoms with Gasteiger partial charge in [-0.15, -0.1) is 0 Å². The van der Waals surface area contributed by atoms with Gasteiger partial charge in [0.2, 0.25) is 0 Å². The maximum atomic E-state index is 13.2. The minimum absolute atomic E-state index is 0.00192. The number of carbonyl (C=O) groups excluding carboxylic acids is 1. The quantitative estimate of drug-likeness (QED) is 0.759. The maximum Gasteiger partial charge on any atom is 0.258 e. The molecule has 1 amide bonds. The van der Waals surface area contributed by atoms with Crippen molar-refractivity contribution < 1.29 is 28.2 Å². The van der Waals surface area contributed by atoms with Gasteiger partial charge in [-0.3, -0.25) is 4.79 Å². The lowest BCUT2D eigenvalue weighted by molar-refractivity contribution is -0.123. The normalized spacial score (nSPS) is 12.0. The van der Waals surface area contributed by atoms with Gasteiger partial charge < -0.3 is 19.9 Å². The number of nitrogens with one attached hydrogen (secondary N) is 1. The van der Waals surface area contributed by atoms with Crippen LogP contribution in [0.3, 0.4) is 0 Å². The average molecular weight is 275 g/mol. The molecule has 0 saturated heterocycles. The molecule has 1 atom stereocenters. The molecule has 0 aromatic heterocycles. The van der Waals surface area contributed by atoms with Crippen molar-refractivity contribution in [2.45, 2.75) is 6.10 Å². The van der Waals surface area contributed by atoms with E-state index in [1.807, 2.05) is 0 Å². The van der Waals surface area contributed by atoms with Gasteiger partial charge in [0.1, 0.15) is 5.82 Å². The van der Waals surface area contributed by atoms with E-state index in [1.54, 1.807) is 0 Å². The number of aliphatic hydroxyl groups excluding tert-OH is 1. The maximum absolute atomic E-state index is 13.2. The number of methoxy groups -OCH3 is 1. The summed E-state index contributed by atoms with van der Waals surface area (Å²) in [5, 5.41) is 11.7. The molecule has 0 aliphatic rings. The number of carbonyl (C=O) groups is 1. The van der Waals surface area contributed by atoms with Crippen LogP contribution in [0.4, 0.5) is 8.78 Å². The highest BCUT2D eigenvalue weighted by Crippen LogP contribution is 2.17. The average Bonchev–Trinajstić information content (AvgIpc) is 2.35. The zero-order chi connectivity index (χ0) is 14.3. The van der Waals surface area contributed by atoms with Crippen molar-refractivity contribution >= 4 is 5.91 Å². The number of aliphatic hydroxyl groups is 1. The number of ether oxygens (including phenoxy) is 2. The van der Waals surface area contributed by atoms with Gasteiger partial charge in [-0.2, -0.15) is 0 Å². The summed E-state index contributed by atoms with van der Waals surface area (Å²) in [6, 6.07) is 2.78. The summed E-state index contributed by atoms with van der Waals surface area (Å²) in [6.45, 7) is -0.335. The molecule has 7 heteroatoms. The molecule has 0 saturated carbocycles. The Hall–Kier alpha value is -1.73. The van der Waals surface area contributed by atoms with E-state index >= 15 is 0 Å².